The van der Waals surface area contributed by atoms with Crippen molar-refractivity contribution in [1.82, 2.24) is 15.1 Å². The molecule has 0 radical (unpaired) electrons. The van der Waals surface area contributed by atoms with E-state index in [0.717, 1.165) is 25.5 Å². The van der Waals surface area contributed by atoms with E-state index >= 15 is 0 Å². The van der Waals surface area contributed by atoms with Crippen LogP contribution in [0.5, 0.6) is 0 Å². The van der Waals surface area contributed by atoms with Gasteiger partial charge in [-0.1, -0.05) is 12.8 Å². The molecule has 0 bridgehead atoms. The summed E-state index contributed by atoms with van der Waals surface area (Å²) in [5.74, 6) is 0. The minimum Gasteiger partial charge on any atom is -0.380 e. The Hall–Kier alpha value is -0.870. The summed E-state index contributed by atoms with van der Waals surface area (Å²) in [6.07, 6.45) is 7.40. The van der Waals surface area contributed by atoms with Gasteiger partial charge in [-0.3, -0.25) is 4.68 Å². The Morgan fingerprint density at radius 3 is 3.00 bits per heavy atom. The molecule has 102 valence electrons. The molecular weight excluding hydrogens is 226 g/mol. The van der Waals surface area contributed by atoms with Crippen LogP contribution in [0.4, 0.5) is 0 Å². The Balaban J connectivity index is 1.76. The molecule has 1 N–H and O–H groups in total. The molecule has 1 saturated carbocycles. The molecule has 1 aliphatic carbocycles. The van der Waals surface area contributed by atoms with Crippen molar-refractivity contribution < 1.29 is 4.74 Å². The van der Waals surface area contributed by atoms with Gasteiger partial charge in [0, 0.05) is 25.4 Å². The molecule has 1 atom stereocenters. The second-order valence-corrected chi connectivity index (χ2v) is 5.17. The molecule has 1 aromatic rings. The van der Waals surface area contributed by atoms with Gasteiger partial charge in [-0.15, -0.1) is 0 Å². The van der Waals surface area contributed by atoms with E-state index in [1.54, 1.807) is 0 Å². The van der Waals surface area contributed by atoms with Crippen molar-refractivity contribution in [2.45, 2.75) is 58.2 Å². The number of nitrogens with one attached hydrogen (secondary N) is 1. The normalized spacial score (nSPS) is 18.3. The molecule has 4 nitrogen and oxygen atoms in total. The molecular formula is C14H25N3O. The summed E-state index contributed by atoms with van der Waals surface area (Å²) < 4.78 is 7.53. The van der Waals surface area contributed by atoms with Gasteiger partial charge in [0.2, 0.25) is 0 Å². The molecule has 1 unspecified atom stereocenters. The highest BCUT2D eigenvalue weighted by Gasteiger charge is 2.17. The van der Waals surface area contributed by atoms with Crippen molar-refractivity contribution in [2.24, 2.45) is 0 Å². The van der Waals surface area contributed by atoms with Crippen molar-refractivity contribution in [3.63, 3.8) is 0 Å². The second-order valence-electron chi connectivity index (χ2n) is 5.17. The molecule has 1 fully saturated rings. The lowest BCUT2D eigenvalue weighted by Gasteiger charge is -2.12. The van der Waals surface area contributed by atoms with Crippen LogP contribution in [0.2, 0.25) is 0 Å². The monoisotopic (exact) mass is 251 g/mol. The zero-order chi connectivity index (χ0) is 12.8. The van der Waals surface area contributed by atoms with E-state index in [0.29, 0.717) is 12.1 Å². The third-order valence-electron chi connectivity index (χ3n) is 3.57. The van der Waals surface area contributed by atoms with Gasteiger partial charge in [0.15, 0.2) is 0 Å². The SMILES string of the molecule is CCOCC(C)NCc1ccn(C2CCCC2)n1. The molecule has 1 aromatic heterocycles. The maximum atomic E-state index is 5.38. The van der Waals surface area contributed by atoms with Crippen LogP contribution in [-0.4, -0.2) is 29.0 Å². The number of nitrogens with zero attached hydrogens (tertiary/aromatic N) is 2. The zero-order valence-corrected chi connectivity index (χ0v) is 11.6. The summed E-state index contributed by atoms with van der Waals surface area (Å²) in [6, 6.07) is 3.14. The predicted molar refractivity (Wildman–Crippen MR) is 72.5 cm³/mol. The van der Waals surface area contributed by atoms with E-state index in [9.17, 15) is 0 Å². The molecule has 0 saturated heterocycles. The molecule has 4 heteroatoms. The molecule has 0 spiro atoms. The highest BCUT2D eigenvalue weighted by molar-refractivity contribution is 5.00. The molecule has 2 rings (SSSR count). The summed E-state index contributed by atoms with van der Waals surface area (Å²) in [4.78, 5) is 0. The minimum atomic E-state index is 0.376. The van der Waals surface area contributed by atoms with E-state index in [-0.39, 0.29) is 0 Å². The first-order valence-corrected chi connectivity index (χ1v) is 7.14. The minimum absolute atomic E-state index is 0.376. The van der Waals surface area contributed by atoms with E-state index < -0.39 is 0 Å². The van der Waals surface area contributed by atoms with Gasteiger partial charge in [-0.2, -0.15) is 5.10 Å². The van der Waals surface area contributed by atoms with Crippen LogP contribution in [0.15, 0.2) is 12.3 Å². The predicted octanol–water partition coefficient (Wildman–Crippen LogP) is 2.51. The Bertz CT molecular complexity index is 345. The Labute approximate surface area is 110 Å². The maximum absolute atomic E-state index is 5.38. The fraction of sp³-hybridized carbons (Fsp3) is 0.786. The number of hydrogen-bond acceptors (Lipinski definition) is 3. The van der Waals surface area contributed by atoms with Crippen LogP contribution in [-0.2, 0) is 11.3 Å². The number of rotatable bonds is 7. The van der Waals surface area contributed by atoms with Crippen LogP contribution >= 0.6 is 0 Å². The van der Waals surface area contributed by atoms with Gasteiger partial charge in [0.25, 0.3) is 0 Å². The first-order valence-electron chi connectivity index (χ1n) is 7.14. The summed E-state index contributed by atoms with van der Waals surface area (Å²) >= 11 is 0. The fourth-order valence-corrected chi connectivity index (χ4v) is 2.48. The molecule has 1 heterocycles. The van der Waals surface area contributed by atoms with Crippen LogP contribution in [0.25, 0.3) is 0 Å². The summed E-state index contributed by atoms with van der Waals surface area (Å²) in [6.45, 7) is 6.54. The van der Waals surface area contributed by atoms with Crippen molar-refractivity contribution in [3.8, 4) is 0 Å². The van der Waals surface area contributed by atoms with Crippen molar-refractivity contribution in [3.05, 3.63) is 18.0 Å². The lowest BCUT2D eigenvalue weighted by Crippen LogP contribution is -2.30. The number of hydrogen-bond donors (Lipinski definition) is 1. The quantitative estimate of drug-likeness (QED) is 0.809. The first-order chi connectivity index (χ1) is 8.79. The summed E-state index contributed by atoms with van der Waals surface area (Å²) in [7, 11) is 0. The Kier molecular flexibility index (Phi) is 5.20. The Morgan fingerprint density at radius 1 is 1.50 bits per heavy atom. The standard InChI is InChI=1S/C14H25N3O/c1-3-18-11-12(2)15-10-13-8-9-17(16-13)14-6-4-5-7-14/h8-9,12,14-15H,3-7,10-11H2,1-2H3. The topological polar surface area (TPSA) is 39.1 Å². The highest BCUT2D eigenvalue weighted by atomic mass is 16.5. The maximum Gasteiger partial charge on any atom is 0.0762 e. The summed E-state index contributed by atoms with van der Waals surface area (Å²) in [5, 5.41) is 8.09. The van der Waals surface area contributed by atoms with Crippen LogP contribution in [0.3, 0.4) is 0 Å². The van der Waals surface area contributed by atoms with Crippen LogP contribution in [0, 0.1) is 0 Å². The smallest absolute Gasteiger partial charge is 0.0762 e. The van der Waals surface area contributed by atoms with Gasteiger partial charge in [-0.05, 0) is 32.8 Å². The second kappa shape index (κ2) is 6.90. The van der Waals surface area contributed by atoms with E-state index in [2.05, 4.69) is 34.3 Å². The fourth-order valence-electron chi connectivity index (χ4n) is 2.48. The number of aromatic nitrogens is 2. The molecule has 0 aromatic carbocycles. The third kappa shape index (κ3) is 3.82. The van der Waals surface area contributed by atoms with Gasteiger partial charge in [0.1, 0.15) is 0 Å². The lowest BCUT2D eigenvalue weighted by molar-refractivity contribution is 0.127. The van der Waals surface area contributed by atoms with Crippen molar-refractivity contribution >= 4 is 0 Å². The van der Waals surface area contributed by atoms with Crippen LogP contribution < -0.4 is 5.32 Å². The largest absolute Gasteiger partial charge is 0.380 e. The van der Waals surface area contributed by atoms with E-state index in [1.165, 1.54) is 25.7 Å². The van der Waals surface area contributed by atoms with Crippen molar-refractivity contribution in [2.75, 3.05) is 13.2 Å². The van der Waals surface area contributed by atoms with Crippen LogP contribution in [0.1, 0.15) is 51.3 Å². The zero-order valence-electron chi connectivity index (χ0n) is 11.6. The van der Waals surface area contributed by atoms with E-state index in [4.69, 9.17) is 4.74 Å². The summed E-state index contributed by atoms with van der Waals surface area (Å²) in [5.41, 5.74) is 1.13. The third-order valence-corrected chi connectivity index (χ3v) is 3.57. The number of ether oxygens (including phenoxy) is 1. The highest BCUT2D eigenvalue weighted by Crippen LogP contribution is 2.28. The molecule has 1 aliphatic rings. The molecule has 0 aliphatic heterocycles. The van der Waals surface area contributed by atoms with Gasteiger partial charge in [0.05, 0.1) is 18.3 Å². The van der Waals surface area contributed by atoms with Gasteiger partial charge in [-0.25, -0.2) is 0 Å². The lowest BCUT2D eigenvalue weighted by atomic mass is 10.3. The van der Waals surface area contributed by atoms with Crippen molar-refractivity contribution in [1.29, 1.82) is 0 Å². The van der Waals surface area contributed by atoms with Gasteiger partial charge < -0.3 is 10.1 Å². The average molecular weight is 251 g/mol. The Morgan fingerprint density at radius 2 is 2.28 bits per heavy atom. The molecule has 18 heavy (non-hydrogen) atoms. The van der Waals surface area contributed by atoms with E-state index in [1.807, 2.05) is 6.92 Å². The average Bonchev–Trinajstić information content (AvgIpc) is 3.03. The van der Waals surface area contributed by atoms with Gasteiger partial charge >= 0.3 is 0 Å². The molecule has 0 amide bonds. The first kappa shape index (κ1) is 13.6.